The molecule has 0 saturated heterocycles. The molecule has 1 heterocycles. The fourth-order valence-corrected chi connectivity index (χ4v) is 4.15. The number of ether oxygens (including phenoxy) is 3. The number of carbonyl (C=O) groups is 1. The van der Waals surface area contributed by atoms with E-state index in [0.717, 1.165) is 11.1 Å². The van der Waals surface area contributed by atoms with Gasteiger partial charge in [0.1, 0.15) is 22.1 Å². The number of benzene rings is 2. The molecule has 3 rings (SSSR count). The number of rotatable bonds is 8. The minimum absolute atomic E-state index is 0.274. The van der Waals surface area contributed by atoms with Crippen LogP contribution >= 0.6 is 0 Å². The van der Waals surface area contributed by atoms with Gasteiger partial charge in [0.2, 0.25) is 0 Å². The van der Waals surface area contributed by atoms with Gasteiger partial charge in [-0.05, 0) is 36.8 Å². The predicted octanol–water partition coefficient (Wildman–Crippen LogP) is 2.72. The van der Waals surface area contributed by atoms with E-state index in [-0.39, 0.29) is 4.90 Å². The third-order valence-corrected chi connectivity index (χ3v) is 5.64. The van der Waals surface area contributed by atoms with Crippen LogP contribution < -0.4 is 18.9 Å². The van der Waals surface area contributed by atoms with E-state index in [1.54, 1.807) is 41.2 Å². The number of nitrogens with one attached hydrogen (secondary N) is 1. The summed E-state index contributed by atoms with van der Waals surface area (Å²) in [5, 5.41) is 4.18. The molecule has 3 aromatic rings. The third kappa shape index (κ3) is 4.46. The van der Waals surface area contributed by atoms with Crippen molar-refractivity contribution in [2.24, 2.45) is 0 Å². The Balaban J connectivity index is 1.84. The monoisotopic (exact) mass is 429 g/mol. The summed E-state index contributed by atoms with van der Waals surface area (Å²) in [6.07, 6.45) is 3.53. The molecule has 0 aliphatic rings. The van der Waals surface area contributed by atoms with Crippen molar-refractivity contribution in [1.82, 2.24) is 14.5 Å². The molecule has 0 aliphatic heterocycles. The van der Waals surface area contributed by atoms with E-state index in [1.165, 1.54) is 21.3 Å². The van der Waals surface area contributed by atoms with Crippen LogP contribution in [0.5, 0.6) is 17.2 Å². The summed E-state index contributed by atoms with van der Waals surface area (Å²) in [6.45, 7) is 2.33. The van der Waals surface area contributed by atoms with Crippen molar-refractivity contribution >= 4 is 16.9 Å². The lowest BCUT2D eigenvalue weighted by molar-refractivity contribution is 0.0982. The number of hydrogen-bond acceptors (Lipinski definition) is 6. The summed E-state index contributed by atoms with van der Waals surface area (Å²) >= 11 is 0. The van der Waals surface area contributed by atoms with Crippen LogP contribution in [0.4, 0.5) is 0 Å². The Bertz CT molecular complexity index is 1070. The molecule has 0 bridgehead atoms. The molecule has 1 atom stereocenters. The average molecular weight is 429 g/mol. The van der Waals surface area contributed by atoms with Gasteiger partial charge in [0.15, 0.2) is 11.0 Å². The summed E-state index contributed by atoms with van der Waals surface area (Å²) in [6, 6.07) is 10.4. The fraction of sp³-hybridized carbons (Fsp3) is 0.238. The predicted molar refractivity (Wildman–Crippen MR) is 112 cm³/mol. The number of hydrogen-bond donors (Lipinski definition) is 1. The second kappa shape index (κ2) is 9.45. The third-order valence-electron chi connectivity index (χ3n) is 4.51. The van der Waals surface area contributed by atoms with Crippen molar-refractivity contribution < 1.29 is 23.2 Å². The zero-order chi connectivity index (χ0) is 21.7. The molecule has 0 saturated carbocycles. The van der Waals surface area contributed by atoms with Crippen molar-refractivity contribution in [3.8, 4) is 17.2 Å². The Morgan fingerprint density at radius 1 is 1.10 bits per heavy atom. The molecular weight excluding hydrogens is 406 g/mol. The highest BCUT2D eigenvalue weighted by Gasteiger charge is 2.22. The number of nitrogens with zero attached hydrogens (tertiary/aromatic N) is 2. The molecular formula is C21H23N3O5S. The Kier molecular flexibility index (Phi) is 6.73. The number of aromatic nitrogens is 2. The second-order valence-corrected chi connectivity index (χ2v) is 7.53. The van der Waals surface area contributed by atoms with Crippen molar-refractivity contribution in [1.29, 1.82) is 0 Å². The summed E-state index contributed by atoms with van der Waals surface area (Å²) in [5.41, 5.74) is 1.96. The molecule has 0 spiro atoms. The van der Waals surface area contributed by atoms with E-state index in [0.29, 0.717) is 29.4 Å². The van der Waals surface area contributed by atoms with Crippen LogP contribution in [0.2, 0.25) is 0 Å². The molecule has 1 N–H and O–H groups in total. The first kappa shape index (κ1) is 21.4. The summed E-state index contributed by atoms with van der Waals surface area (Å²) in [4.78, 5) is 13.0. The first-order valence-corrected chi connectivity index (χ1v) is 10.2. The lowest BCUT2D eigenvalue weighted by atomic mass is 10.1. The van der Waals surface area contributed by atoms with E-state index in [1.807, 2.05) is 19.2 Å². The first-order valence-electron chi connectivity index (χ1n) is 9.07. The molecule has 158 valence electrons. The molecule has 0 unspecified atom stereocenters. The van der Waals surface area contributed by atoms with Crippen molar-refractivity contribution in [3.63, 3.8) is 0 Å². The largest absolute Gasteiger partial charge is 0.496 e. The zero-order valence-corrected chi connectivity index (χ0v) is 18.0. The molecule has 0 fully saturated rings. The Labute approximate surface area is 177 Å². The molecule has 0 radical (unpaired) electrons. The van der Waals surface area contributed by atoms with Crippen LogP contribution in [0.3, 0.4) is 0 Å². The van der Waals surface area contributed by atoms with Gasteiger partial charge in [0.25, 0.3) is 5.91 Å². The topological polar surface area (TPSA) is 91.7 Å². The maximum atomic E-state index is 12.9. The van der Waals surface area contributed by atoms with E-state index in [9.17, 15) is 9.00 Å². The number of amides is 1. The van der Waals surface area contributed by atoms with Gasteiger partial charge in [0.05, 0.1) is 27.9 Å². The van der Waals surface area contributed by atoms with E-state index in [2.05, 4.69) is 9.82 Å². The normalized spacial score (nSPS) is 11.6. The number of carbonyl (C=O) groups excluding carboxylic acids is 1. The minimum Gasteiger partial charge on any atom is -0.496 e. The molecule has 30 heavy (non-hydrogen) atoms. The van der Waals surface area contributed by atoms with E-state index < -0.39 is 16.9 Å². The number of methoxy groups -OCH3 is 3. The smallest absolute Gasteiger partial charge is 0.263 e. The second-order valence-electron chi connectivity index (χ2n) is 6.38. The number of aryl methyl sites for hydroxylation is 1. The maximum absolute atomic E-state index is 12.9. The summed E-state index contributed by atoms with van der Waals surface area (Å²) in [7, 11) is 2.59. The molecule has 1 aromatic heterocycles. The molecule has 9 heteroatoms. The highest BCUT2D eigenvalue weighted by molar-refractivity contribution is 7.84. The minimum atomic E-state index is -1.89. The van der Waals surface area contributed by atoms with E-state index >= 15 is 0 Å². The molecule has 8 nitrogen and oxygen atoms in total. The van der Waals surface area contributed by atoms with Gasteiger partial charge in [-0.2, -0.15) is 5.10 Å². The molecule has 0 aliphatic carbocycles. The van der Waals surface area contributed by atoms with Crippen LogP contribution in [0.25, 0.3) is 0 Å². The van der Waals surface area contributed by atoms with Crippen molar-refractivity contribution in [2.75, 3.05) is 21.3 Å². The quantitative estimate of drug-likeness (QED) is 0.592. The van der Waals surface area contributed by atoms with Crippen molar-refractivity contribution in [3.05, 3.63) is 65.5 Å². The first-order chi connectivity index (χ1) is 14.5. The zero-order valence-electron chi connectivity index (χ0n) is 17.2. The SMILES string of the molecule is COc1cc(C(=O)N[S@@](=O)c2c(OC)ccc(C)c2OC)ccc1Cn1cccn1. The molecule has 1 amide bonds. The Morgan fingerprint density at radius 3 is 2.50 bits per heavy atom. The van der Waals surface area contributed by atoms with Gasteiger partial charge in [0, 0.05) is 23.5 Å². The van der Waals surface area contributed by atoms with Gasteiger partial charge >= 0.3 is 0 Å². The van der Waals surface area contributed by atoms with Gasteiger partial charge < -0.3 is 14.2 Å². The van der Waals surface area contributed by atoms with Crippen molar-refractivity contribution in [2.45, 2.75) is 18.4 Å². The standard InChI is InChI=1S/C21H23N3O5S/c1-14-6-9-17(27-2)20(19(14)29-4)30(26)23-21(25)15-7-8-16(18(12-15)28-3)13-24-11-5-10-22-24/h5-12H,13H2,1-4H3,(H,23,25)/t30-/m0/s1. The van der Waals surface area contributed by atoms with Gasteiger partial charge in [-0.25, -0.2) is 4.21 Å². The van der Waals surface area contributed by atoms with Crippen LogP contribution in [0.1, 0.15) is 21.5 Å². The van der Waals surface area contributed by atoms with Crippen LogP contribution in [0, 0.1) is 6.92 Å². The summed E-state index contributed by atoms with van der Waals surface area (Å²) in [5.74, 6) is 0.793. The van der Waals surface area contributed by atoms with E-state index in [4.69, 9.17) is 14.2 Å². The molecule has 2 aromatic carbocycles. The maximum Gasteiger partial charge on any atom is 0.263 e. The van der Waals surface area contributed by atoms with Gasteiger partial charge in [-0.1, -0.05) is 12.1 Å². The van der Waals surface area contributed by atoms with Crippen LogP contribution in [0.15, 0.2) is 53.7 Å². The fourth-order valence-electron chi connectivity index (χ4n) is 3.01. The Morgan fingerprint density at radius 2 is 1.87 bits per heavy atom. The highest BCUT2D eigenvalue weighted by atomic mass is 32.2. The van der Waals surface area contributed by atoms with Gasteiger partial charge in [-0.3, -0.25) is 14.2 Å². The van der Waals surface area contributed by atoms with Crippen LogP contribution in [-0.2, 0) is 17.5 Å². The summed E-state index contributed by atoms with van der Waals surface area (Å²) < 4.78 is 33.3. The average Bonchev–Trinajstić information content (AvgIpc) is 3.26. The van der Waals surface area contributed by atoms with Crippen LogP contribution in [-0.4, -0.2) is 41.2 Å². The lowest BCUT2D eigenvalue weighted by Gasteiger charge is -2.15. The van der Waals surface area contributed by atoms with Gasteiger partial charge in [-0.15, -0.1) is 0 Å². The lowest BCUT2D eigenvalue weighted by Crippen LogP contribution is -2.26. The Hall–Kier alpha value is -3.33. The highest BCUT2D eigenvalue weighted by Crippen LogP contribution is 2.34.